The Bertz CT molecular complexity index is 441. The summed E-state index contributed by atoms with van der Waals surface area (Å²) < 4.78 is 0. The average molecular weight is 288 g/mol. The second-order valence-electron chi connectivity index (χ2n) is 6.16. The quantitative estimate of drug-likeness (QED) is 0.845. The predicted molar refractivity (Wildman–Crippen MR) is 87.3 cm³/mol. The molecular weight excluding hydrogens is 260 g/mol. The van der Waals surface area contributed by atoms with E-state index in [9.17, 15) is 4.79 Å². The summed E-state index contributed by atoms with van der Waals surface area (Å²) in [6.45, 7) is 6.17. The highest BCUT2D eigenvalue weighted by molar-refractivity contribution is 5.76. The Morgan fingerprint density at radius 3 is 2.81 bits per heavy atom. The number of hydrogen-bond acceptors (Lipinski definition) is 2. The molecule has 1 amide bonds. The van der Waals surface area contributed by atoms with Gasteiger partial charge in [-0.25, -0.2) is 0 Å². The summed E-state index contributed by atoms with van der Waals surface area (Å²) in [6.07, 6.45) is 5.13. The molecule has 0 bridgehead atoms. The first-order valence-corrected chi connectivity index (χ1v) is 8.24. The average Bonchev–Trinajstić information content (AvgIpc) is 2.52. The Balaban J connectivity index is 1.70. The normalized spacial score (nSPS) is 22.0. The van der Waals surface area contributed by atoms with Gasteiger partial charge in [-0.15, -0.1) is 0 Å². The highest BCUT2D eigenvalue weighted by atomic mass is 16.1. The van der Waals surface area contributed by atoms with E-state index in [1.807, 2.05) is 0 Å². The minimum absolute atomic E-state index is 0.165. The van der Waals surface area contributed by atoms with E-state index in [0.29, 0.717) is 18.4 Å². The summed E-state index contributed by atoms with van der Waals surface area (Å²) >= 11 is 0. The molecule has 3 heteroatoms. The second kappa shape index (κ2) is 8.18. The molecular formula is C18H28N2O. The van der Waals surface area contributed by atoms with Gasteiger partial charge in [0.1, 0.15) is 0 Å². The molecule has 21 heavy (non-hydrogen) atoms. The number of nitrogens with one attached hydrogen (secondary N) is 2. The molecule has 1 fully saturated rings. The summed E-state index contributed by atoms with van der Waals surface area (Å²) in [6, 6.07) is 8.87. The van der Waals surface area contributed by atoms with E-state index >= 15 is 0 Å². The fourth-order valence-electron chi connectivity index (χ4n) is 3.07. The van der Waals surface area contributed by atoms with Gasteiger partial charge in [-0.3, -0.25) is 4.79 Å². The molecule has 0 saturated carbocycles. The first-order valence-electron chi connectivity index (χ1n) is 8.24. The maximum absolute atomic E-state index is 12.0. The third-order valence-electron chi connectivity index (χ3n) is 4.53. The van der Waals surface area contributed by atoms with Crippen LogP contribution in [-0.2, 0) is 11.2 Å². The number of aryl methyl sites for hydroxylation is 2. The Morgan fingerprint density at radius 2 is 2.10 bits per heavy atom. The SMILES string of the molecule is CCC1CCCNC1CNC(=O)CCc1ccc(C)cc1. The molecule has 1 saturated heterocycles. The van der Waals surface area contributed by atoms with E-state index in [-0.39, 0.29) is 5.91 Å². The third-order valence-corrected chi connectivity index (χ3v) is 4.53. The summed E-state index contributed by atoms with van der Waals surface area (Å²) in [4.78, 5) is 12.0. The van der Waals surface area contributed by atoms with Crippen LogP contribution in [0.5, 0.6) is 0 Å². The van der Waals surface area contributed by atoms with Gasteiger partial charge in [-0.05, 0) is 44.2 Å². The van der Waals surface area contributed by atoms with Crippen molar-refractivity contribution in [2.75, 3.05) is 13.1 Å². The zero-order chi connectivity index (χ0) is 15.1. The fraction of sp³-hybridized carbons (Fsp3) is 0.611. The molecule has 0 aliphatic carbocycles. The minimum atomic E-state index is 0.165. The Kier molecular flexibility index (Phi) is 6.24. The van der Waals surface area contributed by atoms with Gasteiger partial charge in [0, 0.05) is 19.0 Å². The number of amides is 1. The van der Waals surface area contributed by atoms with Crippen LogP contribution in [0.2, 0.25) is 0 Å². The first kappa shape index (κ1) is 16.0. The van der Waals surface area contributed by atoms with Crippen molar-refractivity contribution in [2.24, 2.45) is 5.92 Å². The maximum atomic E-state index is 12.0. The summed E-state index contributed by atoms with van der Waals surface area (Å²) in [5, 5.41) is 6.64. The van der Waals surface area contributed by atoms with Gasteiger partial charge in [-0.2, -0.15) is 0 Å². The minimum Gasteiger partial charge on any atom is -0.355 e. The standard InChI is InChI=1S/C18H28N2O/c1-3-16-5-4-12-19-17(16)13-20-18(21)11-10-15-8-6-14(2)7-9-15/h6-9,16-17,19H,3-5,10-13H2,1-2H3,(H,20,21). The molecule has 1 aromatic rings. The van der Waals surface area contributed by atoms with Crippen molar-refractivity contribution in [3.05, 3.63) is 35.4 Å². The molecule has 0 aromatic heterocycles. The van der Waals surface area contributed by atoms with E-state index in [1.54, 1.807) is 0 Å². The number of hydrogen-bond donors (Lipinski definition) is 2. The molecule has 116 valence electrons. The molecule has 2 atom stereocenters. The molecule has 1 aliphatic heterocycles. The predicted octanol–water partition coefficient (Wildman–Crippen LogP) is 2.82. The van der Waals surface area contributed by atoms with E-state index in [0.717, 1.165) is 19.5 Å². The van der Waals surface area contributed by atoms with Crippen LogP contribution >= 0.6 is 0 Å². The topological polar surface area (TPSA) is 41.1 Å². The van der Waals surface area contributed by atoms with E-state index in [2.05, 4.69) is 48.7 Å². The maximum Gasteiger partial charge on any atom is 0.220 e. The molecule has 2 N–H and O–H groups in total. The fourth-order valence-corrected chi connectivity index (χ4v) is 3.07. The van der Waals surface area contributed by atoms with Crippen LogP contribution in [0.25, 0.3) is 0 Å². The van der Waals surface area contributed by atoms with Gasteiger partial charge in [0.25, 0.3) is 0 Å². The van der Waals surface area contributed by atoms with Crippen LogP contribution < -0.4 is 10.6 Å². The van der Waals surface area contributed by atoms with Gasteiger partial charge in [0.05, 0.1) is 0 Å². The second-order valence-corrected chi connectivity index (χ2v) is 6.16. The zero-order valence-electron chi connectivity index (χ0n) is 13.3. The van der Waals surface area contributed by atoms with Crippen molar-refractivity contribution < 1.29 is 4.79 Å². The molecule has 2 unspecified atom stereocenters. The molecule has 0 radical (unpaired) electrons. The van der Waals surface area contributed by atoms with Crippen molar-refractivity contribution >= 4 is 5.91 Å². The van der Waals surface area contributed by atoms with Crippen molar-refractivity contribution in [1.82, 2.24) is 10.6 Å². The van der Waals surface area contributed by atoms with Gasteiger partial charge < -0.3 is 10.6 Å². The molecule has 1 aromatic carbocycles. The lowest BCUT2D eigenvalue weighted by Crippen LogP contribution is -2.48. The molecule has 3 nitrogen and oxygen atoms in total. The molecule has 0 spiro atoms. The molecule has 1 aliphatic rings. The van der Waals surface area contributed by atoms with Crippen molar-refractivity contribution in [1.29, 1.82) is 0 Å². The van der Waals surface area contributed by atoms with Crippen molar-refractivity contribution in [3.8, 4) is 0 Å². The lowest BCUT2D eigenvalue weighted by Gasteiger charge is -2.32. The number of piperidine rings is 1. The van der Waals surface area contributed by atoms with Gasteiger partial charge in [-0.1, -0.05) is 43.2 Å². The van der Waals surface area contributed by atoms with Crippen molar-refractivity contribution in [3.63, 3.8) is 0 Å². The van der Waals surface area contributed by atoms with Crippen LogP contribution in [0.1, 0.15) is 43.7 Å². The zero-order valence-corrected chi connectivity index (χ0v) is 13.3. The van der Waals surface area contributed by atoms with E-state index in [4.69, 9.17) is 0 Å². The summed E-state index contributed by atoms with van der Waals surface area (Å²) in [5.74, 6) is 0.869. The van der Waals surface area contributed by atoms with E-state index in [1.165, 1.54) is 30.4 Å². The monoisotopic (exact) mass is 288 g/mol. The first-order chi connectivity index (χ1) is 10.2. The largest absolute Gasteiger partial charge is 0.355 e. The summed E-state index contributed by atoms with van der Waals surface area (Å²) in [7, 11) is 0. The molecule has 1 heterocycles. The van der Waals surface area contributed by atoms with Crippen LogP contribution in [0, 0.1) is 12.8 Å². The number of benzene rings is 1. The highest BCUT2D eigenvalue weighted by Gasteiger charge is 2.23. The highest BCUT2D eigenvalue weighted by Crippen LogP contribution is 2.19. The van der Waals surface area contributed by atoms with Crippen LogP contribution in [0.3, 0.4) is 0 Å². The van der Waals surface area contributed by atoms with Crippen molar-refractivity contribution in [2.45, 2.75) is 52.0 Å². The lowest BCUT2D eigenvalue weighted by atomic mass is 9.88. The molecule has 2 rings (SSSR count). The number of carbonyl (C=O) groups excluding carboxylic acids is 1. The lowest BCUT2D eigenvalue weighted by molar-refractivity contribution is -0.121. The number of carbonyl (C=O) groups is 1. The van der Waals surface area contributed by atoms with E-state index < -0.39 is 0 Å². The van der Waals surface area contributed by atoms with Gasteiger partial charge >= 0.3 is 0 Å². The van der Waals surface area contributed by atoms with Gasteiger partial charge in [0.2, 0.25) is 5.91 Å². The number of rotatable bonds is 6. The summed E-state index contributed by atoms with van der Waals surface area (Å²) in [5.41, 5.74) is 2.50. The Morgan fingerprint density at radius 1 is 1.33 bits per heavy atom. The Hall–Kier alpha value is -1.35. The van der Waals surface area contributed by atoms with Crippen LogP contribution in [-0.4, -0.2) is 25.0 Å². The van der Waals surface area contributed by atoms with Gasteiger partial charge in [0.15, 0.2) is 0 Å². The third kappa shape index (κ3) is 5.16. The Labute approximate surface area is 128 Å². The van der Waals surface area contributed by atoms with Crippen LogP contribution in [0.15, 0.2) is 24.3 Å². The van der Waals surface area contributed by atoms with Crippen LogP contribution in [0.4, 0.5) is 0 Å². The smallest absolute Gasteiger partial charge is 0.220 e.